The van der Waals surface area contributed by atoms with Gasteiger partial charge in [-0.2, -0.15) is 12.6 Å². The Balaban J connectivity index is 1.97. The van der Waals surface area contributed by atoms with Crippen LogP contribution in [0.5, 0.6) is 0 Å². The largest absolute Gasteiger partial charge is 0.179 e. The van der Waals surface area contributed by atoms with Gasteiger partial charge in [-0.25, -0.2) is 0 Å². The van der Waals surface area contributed by atoms with E-state index in [1.807, 2.05) is 0 Å². The number of rotatable bonds is 1. The molecule has 0 N–H and O–H groups in total. The maximum absolute atomic E-state index is 3.86. The van der Waals surface area contributed by atoms with Gasteiger partial charge in [0.05, 0.1) is 0 Å². The SMILES string of the molecule is [CH2]CCS. The van der Waals surface area contributed by atoms with Crippen LogP contribution in [0, 0.1) is 6.92 Å². The van der Waals surface area contributed by atoms with Crippen LogP contribution in [0.3, 0.4) is 0 Å². The van der Waals surface area contributed by atoms with Gasteiger partial charge in [0.2, 0.25) is 0 Å². The highest BCUT2D eigenvalue weighted by molar-refractivity contribution is 7.80. The Morgan fingerprint density at radius 3 is 2.00 bits per heavy atom. The molecular formula is C3H7S. The molecule has 0 aliphatic rings. The van der Waals surface area contributed by atoms with E-state index in [1.165, 1.54) is 0 Å². The molecule has 0 saturated heterocycles. The van der Waals surface area contributed by atoms with Crippen molar-refractivity contribution < 1.29 is 0 Å². The molecule has 0 aliphatic carbocycles. The lowest BCUT2D eigenvalue weighted by molar-refractivity contribution is 1.25. The van der Waals surface area contributed by atoms with Crippen molar-refractivity contribution in [3.63, 3.8) is 0 Å². The maximum Gasteiger partial charge on any atom is -0.00979 e. The zero-order valence-electron chi connectivity index (χ0n) is 2.57. The van der Waals surface area contributed by atoms with Crippen molar-refractivity contribution in [1.82, 2.24) is 0 Å². The van der Waals surface area contributed by atoms with Gasteiger partial charge >= 0.3 is 0 Å². The Labute approximate surface area is 32.6 Å². The topological polar surface area (TPSA) is 0 Å². The van der Waals surface area contributed by atoms with Gasteiger partial charge in [-0.15, -0.1) is 0 Å². The van der Waals surface area contributed by atoms with Crippen molar-refractivity contribution in [2.75, 3.05) is 5.75 Å². The van der Waals surface area contributed by atoms with Crippen LogP contribution in [0.1, 0.15) is 6.42 Å². The fourth-order valence-corrected chi connectivity index (χ4v) is 0. The van der Waals surface area contributed by atoms with Gasteiger partial charge in [0.15, 0.2) is 0 Å². The Morgan fingerprint density at radius 1 is 1.75 bits per heavy atom. The second-order valence-electron chi connectivity index (χ2n) is 0.577. The van der Waals surface area contributed by atoms with Crippen LogP contribution in [0.25, 0.3) is 0 Å². The van der Waals surface area contributed by atoms with E-state index < -0.39 is 0 Å². The summed E-state index contributed by atoms with van der Waals surface area (Å²) in [6, 6.07) is 0. The standard InChI is InChI=1S/C3H7S/c1-2-3-4/h4H,1-3H2. The lowest BCUT2D eigenvalue weighted by Gasteiger charge is -1.67. The molecular weight excluding hydrogens is 68.1 g/mol. The molecule has 4 heavy (non-hydrogen) atoms. The zero-order chi connectivity index (χ0) is 3.41. The molecule has 0 atom stereocenters. The first-order valence-corrected chi connectivity index (χ1v) is 1.95. The van der Waals surface area contributed by atoms with Gasteiger partial charge in [-0.3, -0.25) is 0 Å². The molecule has 0 rings (SSSR count). The summed E-state index contributed by atoms with van der Waals surface area (Å²) in [4.78, 5) is 0. The number of thiol groups is 1. The highest BCUT2D eigenvalue weighted by atomic mass is 32.1. The third-order valence-corrected chi connectivity index (χ3v) is 0.474. The summed E-state index contributed by atoms with van der Waals surface area (Å²) >= 11 is 3.86. The van der Waals surface area contributed by atoms with E-state index in [9.17, 15) is 0 Å². The summed E-state index contributed by atoms with van der Waals surface area (Å²) in [5, 5.41) is 0. The highest BCUT2D eigenvalue weighted by Crippen LogP contribution is 1.73. The fraction of sp³-hybridized carbons (Fsp3) is 0.667. The van der Waals surface area contributed by atoms with Gasteiger partial charge in [0, 0.05) is 0 Å². The van der Waals surface area contributed by atoms with Gasteiger partial charge in [0.25, 0.3) is 0 Å². The van der Waals surface area contributed by atoms with Gasteiger partial charge in [-0.1, -0.05) is 6.92 Å². The molecule has 0 amide bonds. The minimum absolute atomic E-state index is 0.903. The first-order valence-electron chi connectivity index (χ1n) is 1.32. The average Bonchev–Trinajstić information content (AvgIpc) is 1.37. The average molecular weight is 75.2 g/mol. The summed E-state index contributed by atoms with van der Waals surface area (Å²) in [6.45, 7) is 3.53. The Hall–Kier alpha value is 0.350. The van der Waals surface area contributed by atoms with Crippen LogP contribution in [-0.2, 0) is 0 Å². The van der Waals surface area contributed by atoms with Crippen LogP contribution in [0.4, 0.5) is 0 Å². The number of hydrogen-bond donors (Lipinski definition) is 1. The smallest absolute Gasteiger partial charge is 0.00979 e. The molecule has 0 nitrogen and oxygen atoms in total. The van der Waals surface area contributed by atoms with Crippen LogP contribution in [0.2, 0.25) is 0 Å². The first-order chi connectivity index (χ1) is 1.91. The van der Waals surface area contributed by atoms with Crippen molar-refractivity contribution in [3.8, 4) is 0 Å². The Morgan fingerprint density at radius 2 is 2.00 bits per heavy atom. The quantitative estimate of drug-likeness (QED) is 0.444. The van der Waals surface area contributed by atoms with E-state index in [-0.39, 0.29) is 0 Å². The van der Waals surface area contributed by atoms with E-state index in [0.29, 0.717) is 0 Å². The van der Waals surface area contributed by atoms with Gasteiger partial charge in [-0.05, 0) is 12.2 Å². The van der Waals surface area contributed by atoms with Crippen molar-refractivity contribution >= 4 is 12.6 Å². The predicted molar refractivity (Wildman–Crippen MR) is 23.8 cm³/mol. The number of hydrogen-bond acceptors (Lipinski definition) is 1. The fourth-order valence-electron chi connectivity index (χ4n) is 0. The van der Waals surface area contributed by atoms with Gasteiger partial charge < -0.3 is 0 Å². The molecule has 0 heterocycles. The lowest BCUT2D eigenvalue weighted by Crippen LogP contribution is -1.56. The monoisotopic (exact) mass is 75.0 g/mol. The Kier molecular flexibility index (Phi) is 3.64. The third-order valence-electron chi connectivity index (χ3n) is 0.158. The second-order valence-corrected chi connectivity index (χ2v) is 1.02. The molecule has 25 valence electrons. The molecule has 0 aromatic rings. The van der Waals surface area contributed by atoms with E-state index in [0.717, 1.165) is 12.2 Å². The molecule has 0 saturated carbocycles. The van der Waals surface area contributed by atoms with Crippen molar-refractivity contribution in [2.45, 2.75) is 6.42 Å². The summed E-state index contributed by atoms with van der Waals surface area (Å²) in [7, 11) is 0. The molecule has 0 bridgehead atoms. The van der Waals surface area contributed by atoms with E-state index in [4.69, 9.17) is 0 Å². The zero-order valence-corrected chi connectivity index (χ0v) is 3.46. The third kappa shape index (κ3) is 2.35. The molecule has 0 aromatic heterocycles. The molecule has 0 aromatic carbocycles. The predicted octanol–water partition coefficient (Wildman–Crippen LogP) is 1.14. The molecule has 0 spiro atoms. The second kappa shape index (κ2) is 3.35. The van der Waals surface area contributed by atoms with E-state index >= 15 is 0 Å². The van der Waals surface area contributed by atoms with Crippen molar-refractivity contribution in [3.05, 3.63) is 6.92 Å². The first kappa shape index (κ1) is 4.35. The van der Waals surface area contributed by atoms with Crippen LogP contribution >= 0.6 is 12.6 Å². The van der Waals surface area contributed by atoms with Crippen LogP contribution in [0.15, 0.2) is 0 Å². The van der Waals surface area contributed by atoms with Crippen molar-refractivity contribution in [1.29, 1.82) is 0 Å². The molecule has 1 heteroatoms. The summed E-state index contributed by atoms with van der Waals surface area (Å²) < 4.78 is 0. The van der Waals surface area contributed by atoms with Gasteiger partial charge in [0.1, 0.15) is 0 Å². The Bertz CT molecular complexity index is 5.25. The summed E-state index contributed by atoms with van der Waals surface area (Å²) in [5.74, 6) is 0.903. The molecule has 1 radical (unpaired) electrons. The highest BCUT2D eigenvalue weighted by Gasteiger charge is 1.57. The van der Waals surface area contributed by atoms with E-state index in [2.05, 4.69) is 19.6 Å². The summed E-state index contributed by atoms with van der Waals surface area (Å²) in [5.41, 5.74) is 0. The molecule has 0 aliphatic heterocycles. The summed E-state index contributed by atoms with van der Waals surface area (Å²) in [6.07, 6.45) is 0.934. The normalized spacial score (nSPS) is 7.50. The lowest BCUT2D eigenvalue weighted by atomic mass is 10.6. The van der Waals surface area contributed by atoms with Crippen LogP contribution < -0.4 is 0 Å². The van der Waals surface area contributed by atoms with Crippen LogP contribution in [-0.4, -0.2) is 5.75 Å². The van der Waals surface area contributed by atoms with Crippen molar-refractivity contribution in [2.24, 2.45) is 0 Å². The molecule has 0 fully saturated rings. The molecule has 0 unspecified atom stereocenters. The maximum atomic E-state index is 3.86. The minimum Gasteiger partial charge on any atom is -0.179 e. The van der Waals surface area contributed by atoms with E-state index in [1.54, 1.807) is 0 Å². The minimum atomic E-state index is 0.903.